The number of pyridine rings is 1. The third kappa shape index (κ3) is 2.06. The first-order valence-electron chi connectivity index (χ1n) is 8.42. The minimum atomic E-state index is -1.57. The normalized spacial score (nSPS) is 11.4. The van der Waals surface area contributed by atoms with Gasteiger partial charge in [-0.2, -0.15) is 5.26 Å². The lowest BCUT2D eigenvalue weighted by Gasteiger charge is -2.16. The van der Waals surface area contributed by atoms with E-state index in [2.05, 4.69) is 4.98 Å². The molecule has 29 heavy (non-hydrogen) atoms. The first-order valence-corrected chi connectivity index (χ1v) is 8.42. The maximum absolute atomic E-state index is 13.2. The molecule has 3 aromatic carbocycles. The Morgan fingerprint density at radius 3 is 2.21 bits per heavy atom. The van der Waals surface area contributed by atoms with Crippen LogP contribution in [-0.2, 0) is 0 Å². The maximum Gasteiger partial charge on any atom is 0.264 e. The number of fused-ring (bicyclic) bond motifs is 4. The van der Waals surface area contributed by atoms with Gasteiger partial charge < -0.3 is 19.8 Å². The highest BCUT2D eigenvalue weighted by atomic mass is 16.4. The largest absolute Gasteiger partial charge is 0.545 e. The van der Waals surface area contributed by atoms with Crippen LogP contribution in [0.2, 0.25) is 0 Å². The molecule has 5 rings (SSSR count). The number of imidazole rings is 1. The number of carbonyl (C=O) groups is 2. The second-order valence-corrected chi connectivity index (χ2v) is 6.54. The van der Waals surface area contributed by atoms with Crippen molar-refractivity contribution in [1.29, 1.82) is 5.26 Å². The van der Waals surface area contributed by atoms with E-state index in [1.807, 2.05) is 6.07 Å². The topological polar surface area (TPSA) is 138 Å². The van der Waals surface area contributed by atoms with Gasteiger partial charge in [0.05, 0.1) is 34.6 Å². The number of carbonyl (C=O) groups excluding carboxylic acids is 2. The van der Waals surface area contributed by atoms with Crippen molar-refractivity contribution in [2.75, 3.05) is 0 Å². The number of nitrogens with zero attached hydrogens (tertiary/aromatic N) is 3. The number of nitriles is 1. The summed E-state index contributed by atoms with van der Waals surface area (Å²) in [5.41, 5.74) is 0.314. The van der Waals surface area contributed by atoms with Crippen molar-refractivity contribution in [3.63, 3.8) is 0 Å². The molecule has 0 saturated heterocycles. The van der Waals surface area contributed by atoms with E-state index in [1.165, 1.54) is 28.7 Å². The lowest BCUT2D eigenvalue weighted by atomic mass is 9.94. The molecule has 0 amide bonds. The molecule has 0 N–H and O–H groups in total. The van der Waals surface area contributed by atoms with Gasteiger partial charge in [-0.15, -0.1) is 0 Å². The average molecular weight is 381 g/mol. The highest BCUT2D eigenvalue weighted by molar-refractivity contribution is 6.24. The first-order chi connectivity index (χ1) is 13.9. The number of hydrogen-bond donors (Lipinski definition) is 0. The molecule has 8 heteroatoms. The number of carboxylic acid groups (broad SMARTS) is 2. The fourth-order valence-corrected chi connectivity index (χ4v) is 3.86. The van der Waals surface area contributed by atoms with Crippen molar-refractivity contribution in [3.05, 3.63) is 69.5 Å². The molecule has 0 bridgehead atoms. The van der Waals surface area contributed by atoms with Gasteiger partial charge in [-0.1, -0.05) is 12.1 Å². The van der Waals surface area contributed by atoms with Crippen molar-refractivity contribution in [3.8, 4) is 6.07 Å². The Morgan fingerprint density at radius 1 is 0.931 bits per heavy atom. The summed E-state index contributed by atoms with van der Waals surface area (Å²) in [7, 11) is 0. The minimum absolute atomic E-state index is 0.135. The third-order valence-corrected chi connectivity index (χ3v) is 5.06. The van der Waals surface area contributed by atoms with E-state index >= 15 is 0 Å². The van der Waals surface area contributed by atoms with Crippen molar-refractivity contribution in [2.45, 2.75) is 0 Å². The predicted molar refractivity (Wildman–Crippen MR) is 98.5 cm³/mol. The molecular weight excluding hydrogens is 374 g/mol. The number of hydrogen-bond acceptors (Lipinski definition) is 7. The molecule has 0 aliphatic carbocycles. The van der Waals surface area contributed by atoms with Crippen LogP contribution in [0.3, 0.4) is 0 Å². The maximum atomic E-state index is 13.2. The van der Waals surface area contributed by atoms with Gasteiger partial charge in [-0.3, -0.25) is 9.20 Å². The van der Waals surface area contributed by atoms with Crippen LogP contribution < -0.4 is 15.8 Å². The Hall–Kier alpha value is -4.51. The highest BCUT2D eigenvalue weighted by Crippen LogP contribution is 2.33. The second-order valence-electron chi connectivity index (χ2n) is 6.54. The van der Waals surface area contributed by atoms with Crippen LogP contribution in [0.1, 0.15) is 26.3 Å². The van der Waals surface area contributed by atoms with E-state index in [9.17, 15) is 24.6 Å². The van der Waals surface area contributed by atoms with E-state index in [-0.39, 0.29) is 32.9 Å². The van der Waals surface area contributed by atoms with Crippen LogP contribution in [0.5, 0.6) is 0 Å². The number of rotatable bonds is 2. The zero-order valence-electron chi connectivity index (χ0n) is 14.4. The van der Waals surface area contributed by atoms with Crippen molar-refractivity contribution < 1.29 is 19.8 Å². The lowest BCUT2D eigenvalue weighted by Crippen LogP contribution is -2.26. The molecule has 0 radical (unpaired) electrons. The van der Waals surface area contributed by atoms with Crippen LogP contribution in [0.15, 0.2) is 47.3 Å². The van der Waals surface area contributed by atoms with Gasteiger partial charge in [0.2, 0.25) is 0 Å². The van der Waals surface area contributed by atoms with Gasteiger partial charge in [0.25, 0.3) is 5.56 Å². The highest BCUT2D eigenvalue weighted by Gasteiger charge is 2.20. The Labute approximate surface area is 160 Å². The Kier molecular flexibility index (Phi) is 3.16. The van der Waals surface area contributed by atoms with Gasteiger partial charge in [-0.25, -0.2) is 4.98 Å². The standard InChI is InChI=1S/C21H9N3O5/c22-8-9-1-6-15-14(7-9)23-18-10-2-4-12(20(26)27)17-13(21(28)29)5-3-11(16(10)17)19(25)24(15)18/h1-7H,(H,26,27)(H,28,29)/p-2. The minimum Gasteiger partial charge on any atom is -0.545 e. The van der Waals surface area contributed by atoms with E-state index in [1.54, 1.807) is 12.1 Å². The van der Waals surface area contributed by atoms with Crippen LogP contribution in [0.25, 0.3) is 38.2 Å². The average Bonchev–Trinajstić information content (AvgIpc) is 3.09. The molecule has 0 aliphatic heterocycles. The van der Waals surface area contributed by atoms with E-state index < -0.39 is 17.5 Å². The lowest BCUT2D eigenvalue weighted by molar-refractivity contribution is -0.255. The zero-order valence-corrected chi connectivity index (χ0v) is 14.4. The summed E-state index contributed by atoms with van der Waals surface area (Å²) < 4.78 is 1.37. The van der Waals surface area contributed by atoms with Crippen LogP contribution in [0, 0.1) is 11.3 Å². The summed E-state index contributed by atoms with van der Waals surface area (Å²) in [6, 6.07) is 11.9. The SMILES string of the molecule is N#Cc1ccc2c(c1)nc1c3ccc(C(=O)[O-])c4c(C(=O)[O-])ccc(c(=O)n21)c43. The van der Waals surface area contributed by atoms with Crippen molar-refractivity contribution >= 4 is 50.2 Å². The second kappa shape index (κ2) is 5.50. The first kappa shape index (κ1) is 16.6. The smallest absolute Gasteiger partial charge is 0.264 e. The number of aromatic carboxylic acids is 2. The van der Waals surface area contributed by atoms with Gasteiger partial charge in [0, 0.05) is 32.7 Å². The summed E-state index contributed by atoms with van der Waals surface area (Å²) in [6.45, 7) is 0. The summed E-state index contributed by atoms with van der Waals surface area (Å²) in [4.78, 5) is 40.9. The number of aromatic nitrogens is 2. The summed E-state index contributed by atoms with van der Waals surface area (Å²) in [5, 5.41) is 32.9. The molecule has 0 aliphatic rings. The molecular formula is C21H7N3O5-2. The number of benzene rings is 3. The van der Waals surface area contributed by atoms with Crippen LogP contribution >= 0.6 is 0 Å². The zero-order chi connectivity index (χ0) is 20.4. The van der Waals surface area contributed by atoms with Crippen molar-refractivity contribution in [1.82, 2.24) is 9.38 Å². The molecule has 2 heterocycles. The molecule has 8 nitrogen and oxygen atoms in total. The van der Waals surface area contributed by atoms with E-state index in [4.69, 9.17) is 5.26 Å². The molecule has 138 valence electrons. The van der Waals surface area contributed by atoms with Crippen LogP contribution in [-0.4, -0.2) is 21.3 Å². The fourth-order valence-electron chi connectivity index (χ4n) is 3.86. The molecule has 2 aromatic heterocycles. The van der Waals surface area contributed by atoms with Gasteiger partial charge >= 0.3 is 0 Å². The molecule has 5 aromatic rings. The van der Waals surface area contributed by atoms with Crippen molar-refractivity contribution in [2.24, 2.45) is 0 Å². The Morgan fingerprint density at radius 2 is 1.59 bits per heavy atom. The third-order valence-electron chi connectivity index (χ3n) is 5.06. The summed E-state index contributed by atoms with van der Waals surface area (Å²) in [6.07, 6.45) is 0. The summed E-state index contributed by atoms with van der Waals surface area (Å²) in [5.74, 6) is -3.14. The van der Waals surface area contributed by atoms with E-state index in [0.717, 1.165) is 6.07 Å². The molecule has 0 saturated carbocycles. The van der Waals surface area contributed by atoms with Gasteiger partial charge in [0.15, 0.2) is 0 Å². The molecule has 0 atom stereocenters. The summed E-state index contributed by atoms with van der Waals surface area (Å²) >= 11 is 0. The molecule has 0 unspecified atom stereocenters. The van der Waals surface area contributed by atoms with Gasteiger partial charge in [0.1, 0.15) is 5.65 Å². The predicted octanol–water partition coefficient (Wildman–Crippen LogP) is 0.191. The quantitative estimate of drug-likeness (QED) is 0.425. The molecule has 0 spiro atoms. The number of carboxylic acids is 2. The van der Waals surface area contributed by atoms with Gasteiger partial charge in [-0.05, 0) is 30.3 Å². The Bertz CT molecular complexity index is 1620. The van der Waals surface area contributed by atoms with Crippen LogP contribution in [0.4, 0.5) is 0 Å². The fraction of sp³-hybridized carbons (Fsp3) is 0. The monoisotopic (exact) mass is 381 g/mol. The van der Waals surface area contributed by atoms with E-state index in [0.29, 0.717) is 22.0 Å². The molecule has 0 fully saturated rings. The Balaban J connectivity index is 2.12.